The molecular formula is C19H24N2O2. The lowest BCUT2D eigenvalue weighted by molar-refractivity contribution is 0.0673. The van der Waals surface area contributed by atoms with Crippen molar-refractivity contribution in [3.8, 4) is 5.75 Å². The summed E-state index contributed by atoms with van der Waals surface area (Å²) in [4.78, 5) is 4.57. The van der Waals surface area contributed by atoms with Crippen molar-refractivity contribution in [2.75, 3.05) is 38.2 Å². The number of hydrogen-bond acceptors (Lipinski definition) is 4. The molecule has 0 spiro atoms. The fraction of sp³-hybridized carbons (Fsp3) is 0.368. The van der Waals surface area contributed by atoms with Crippen LogP contribution in [-0.4, -0.2) is 49.4 Å². The monoisotopic (exact) mass is 312 g/mol. The Morgan fingerprint density at radius 1 is 1.04 bits per heavy atom. The molecular weight excluding hydrogens is 288 g/mol. The Kier molecular flexibility index (Phi) is 5.16. The highest BCUT2D eigenvalue weighted by molar-refractivity contribution is 5.53. The molecule has 1 atom stereocenters. The van der Waals surface area contributed by atoms with Crippen LogP contribution in [0.2, 0.25) is 0 Å². The molecule has 0 saturated heterocycles. The number of likely N-dealkylation sites (N-methyl/N-ethyl adjacent to an activating group) is 1. The lowest BCUT2D eigenvalue weighted by Crippen LogP contribution is -2.37. The van der Waals surface area contributed by atoms with Gasteiger partial charge in [-0.1, -0.05) is 36.4 Å². The summed E-state index contributed by atoms with van der Waals surface area (Å²) in [6.07, 6.45) is -0.495. The highest BCUT2D eigenvalue weighted by atomic mass is 16.5. The normalized spacial score (nSPS) is 16.5. The van der Waals surface area contributed by atoms with Crippen LogP contribution >= 0.6 is 0 Å². The first-order chi connectivity index (χ1) is 11.2. The molecule has 0 aliphatic carbocycles. The summed E-state index contributed by atoms with van der Waals surface area (Å²) in [5.41, 5.74) is 2.59. The van der Waals surface area contributed by atoms with Crippen LogP contribution in [0.3, 0.4) is 0 Å². The third-order valence-corrected chi connectivity index (χ3v) is 4.20. The number of nitrogens with zero attached hydrogens (tertiary/aromatic N) is 2. The summed E-state index contributed by atoms with van der Waals surface area (Å²) >= 11 is 0. The number of β-amino-alcohol motifs (C(OH)–C–C–N with tert-alkyl or cyclic N) is 1. The van der Waals surface area contributed by atoms with E-state index in [4.69, 9.17) is 4.74 Å². The van der Waals surface area contributed by atoms with Gasteiger partial charge in [-0.2, -0.15) is 0 Å². The Morgan fingerprint density at radius 2 is 1.78 bits per heavy atom. The molecule has 0 amide bonds. The molecule has 4 heteroatoms. The van der Waals surface area contributed by atoms with Crippen molar-refractivity contribution in [1.82, 2.24) is 4.90 Å². The Morgan fingerprint density at radius 3 is 2.61 bits per heavy atom. The minimum Gasteiger partial charge on any atom is -0.491 e. The van der Waals surface area contributed by atoms with E-state index in [2.05, 4.69) is 41.1 Å². The van der Waals surface area contributed by atoms with Gasteiger partial charge in [0.1, 0.15) is 18.5 Å². The number of para-hydroxylation sites is 2. The Hall–Kier alpha value is -2.04. The van der Waals surface area contributed by atoms with E-state index in [-0.39, 0.29) is 0 Å². The second-order valence-corrected chi connectivity index (χ2v) is 6.06. The van der Waals surface area contributed by atoms with Crippen molar-refractivity contribution in [2.45, 2.75) is 12.6 Å². The summed E-state index contributed by atoms with van der Waals surface area (Å²) < 4.78 is 5.64. The number of aliphatic hydroxyl groups is 1. The maximum Gasteiger partial charge on any atom is 0.119 e. The van der Waals surface area contributed by atoms with Crippen LogP contribution in [0.5, 0.6) is 5.75 Å². The molecule has 1 aliphatic heterocycles. The van der Waals surface area contributed by atoms with E-state index >= 15 is 0 Å². The van der Waals surface area contributed by atoms with Crippen LogP contribution in [0, 0.1) is 0 Å². The van der Waals surface area contributed by atoms with Gasteiger partial charge in [-0.25, -0.2) is 0 Å². The zero-order valence-electron chi connectivity index (χ0n) is 13.6. The maximum atomic E-state index is 10.3. The lowest BCUT2D eigenvalue weighted by atomic mass is 10.1. The molecule has 1 aliphatic rings. The van der Waals surface area contributed by atoms with Crippen molar-refractivity contribution in [3.63, 3.8) is 0 Å². The summed E-state index contributed by atoms with van der Waals surface area (Å²) in [7, 11) is 2.12. The van der Waals surface area contributed by atoms with E-state index in [0.717, 1.165) is 25.4 Å². The second kappa shape index (κ2) is 7.49. The molecule has 0 fully saturated rings. The number of anilines is 1. The van der Waals surface area contributed by atoms with Crippen molar-refractivity contribution >= 4 is 5.69 Å². The third kappa shape index (κ3) is 4.24. The largest absolute Gasteiger partial charge is 0.491 e. The van der Waals surface area contributed by atoms with Crippen molar-refractivity contribution < 1.29 is 9.84 Å². The van der Waals surface area contributed by atoms with Gasteiger partial charge < -0.3 is 14.7 Å². The van der Waals surface area contributed by atoms with E-state index in [1.54, 1.807) is 0 Å². The molecule has 0 radical (unpaired) electrons. The predicted octanol–water partition coefficient (Wildman–Crippen LogP) is 2.38. The quantitative estimate of drug-likeness (QED) is 0.919. The Bertz CT molecular complexity index is 618. The summed E-state index contributed by atoms with van der Waals surface area (Å²) in [5.74, 6) is 0.799. The van der Waals surface area contributed by atoms with Crippen LogP contribution in [0.1, 0.15) is 5.56 Å². The first-order valence-corrected chi connectivity index (χ1v) is 8.09. The smallest absolute Gasteiger partial charge is 0.119 e. The van der Waals surface area contributed by atoms with Crippen LogP contribution in [0.15, 0.2) is 54.6 Å². The van der Waals surface area contributed by atoms with E-state index in [1.165, 1.54) is 11.3 Å². The molecule has 2 aromatic rings. The predicted molar refractivity (Wildman–Crippen MR) is 92.9 cm³/mol. The molecule has 1 heterocycles. The molecule has 1 N–H and O–H groups in total. The molecule has 0 unspecified atom stereocenters. The van der Waals surface area contributed by atoms with Gasteiger partial charge in [0, 0.05) is 38.9 Å². The Labute approximate surface area is 137 Å². The molecule has 3 rings (SSSR count). The van der Waals surface area contributed by atoms with E-state index in [1.807, 2.05) is 30.3 Å². The maximum absolute atomic E-state index is 10.3. The number of fused-ring (bicyclic) bond motifs is 1. The van der Waals surface area contributed by atoms with E-state index in [0.29, 0.717) is 13.2 Å². The SMILES string of the molecule is CN1CCN(C[C@@H](O)COc2ccccc2)Cc2ccccc21. The third-order valence-electron chi connectivity index (χ3n) is 4.20. The molecule has 4 nitrogen and oxygen atoms in total. The van der Waals surface area contributed by atoms with Crippen molar-refractivity contribution in [2.24, 2.45) is 0 Å². The summed E-state index contributed by atoms with van der Waals surface area (Å²) in [6, 6.07) is 18.1. The molecule has 2 aromatic carbocycles. The van der Waals surface area contributed by atoms with Gasteiger partial charge in [0.25, 0.3) is 0 Å². The van der Waals surface area contributed by atoms with E-state index in [9.17, 15) is 5.11 Å². The van der Waals surface area contributed by atoms with Gasteiger partial charge in [-0.15, -0.1) is 0 Å². The van der Waals surface area contributed by atoms with Gasteiger partial charge >= 0.3 is 0 Å². The summed E-state index contributed by atoms with van der Waals surface area (Å²) in [5, 5.41) is 10.3. The standard InChI is InChI=1S/C19H24N2O2/c1-20-11-12-21(13-16-7-5-6-10-19(16)20)14-17(22)15-23-18-8-3-2-4-9-18/h2-10,17,22H,11-15H2,1H3/t17-/m1/s1. The number of aliphatic hydroxyl groups excluding tert-OH is 1. The molecule has 0 bridgehead atoms. The first kappa shape index (κ1) is 15.8. The van der Waals surface area contributed by atoms with Gasteiger partial charge in [-0.05, 0) is 23.8 Å². The van der Waals surface area contributed by atoms with Crippen LogP contribution in [-0.2, 0) is 6.54 Å². The van der Waals surface area contributed by atoms with Gasteiger partial charge in [0.05, 0.1) is 0 Å². The van der Waals surface area contributed by atoms with Crippen molar-refractivity contribution in [1.29, 1.82) is 0 Å². The average molecular weight is 312 g/mol. The molecule has 23 heavy (non-hydrogen) atoms. The fourth-order valence-electron chi connectivity index (χ4n) is 2.96. The van der Waals surface area contributed by atoms with Crippen LogP contribution in [0.4, 0.5) is 5.69 Å². The van der Waals surface area contributed by atoms with Crippen LogP contribution in [0.25, 0.3) is 0 Å². The van der Waals surface area contributed by atoms with Gasteiger partial charge in [0.2, 0.25) is 0 Å². The van der Waals surface area contributed by atoms with E-state index < -0.39 is 6.10 Å². The number of ether oxygens (including phenoxy) is 1. The number of rotatable bonds is 5. The zero-order valence-corrected chi connectivity index (χ0v) is 13.6. The lowest BCUT2D eigenvalue weighted by Gasteiger charge is -2.23. The average Bonchev–Trinajstić information content (AvgIpc) is 2.74. The Balaban J connectivity index is 1.56. The number of benzene rings is 2. The summed E-state index contributed by atoms with van der Waals surface area (Å²) in [6.45, 7) is 3.70. The zero-order chi connectivity index (χ0) is 16.1. The number of hydrogen-bond donors (Lipinski definition) is 1. The highest BCUT2D eigenvalue weighted by Crippen LogP contribution is 2.23. The molecule has 0 saturated carbocycles. The molecule has 122 valence electrons. The molecule has 0 aromatic heterocycles. The van der Waals surface area contributed by atoms with Gasteiger partial charge in [0.15, 0.2) is 0 Å². The van der Waals surface area contributed by atoms with Gasteiger partial charge in [-0.3, -0.25) is 4.90 Å². The van der Waals surface area contributed by atoms with Crippen LogP contribution < -0.4 is 9.64 Å². The van der Waals surface area contributed by atoms with Crippen molar-refractivity contribution in [3.05, 3.63) is 60.2 Å². The minimum absolute atomic E-state index is 0.317. The minimum atomic E-state index is -0.495. The topological polar surface area (TPSA) is 35.9 Å². The fourth-order valence-corrected chi connectivity index (χ4v) is 2.96. The highest BCUT2D eigenvalue weighted by Gasteiger charge is 2.19. The second-order valence-electron chi connectivity index (χ2n) is 6.06. The first-order valence-electron chi connectivity index (χ1n) is 8.09.